The molecular weight excluding hydrogens is 282 g/mol. The minimum Gasteiger partial charge on any atom is -0.361 e. The third kappa shape index (κ3) is 3.72. The van der Waals surface area contributed by atoms with Crippen LogP contribution >= 0.6 is 0 Å². The van der Waals surface area contributed by atoms with Crippen molar-refractivity contribution in [2.75, 3.05) is 12.4 Å². The van der Waals surface area contributed by atoms with E-state index in [1.54, 1.807) is 31.3 Å². The van der Waals surface area contributed by atoms with Gasteiger partial charge in [0.25, 0.3) is 5.91 Å². The summed E-state index contributed by atoms with van der Waals surface area (Å²) in [5.41, 5.74) is 2.89. The molecule has 0 saturated carbocycles. The average Bonchev–Trinajstić information content (AvgIpc) is 2.83. The zero-order valence-corrected chi connectivity index (χ0v) is 12.9. The Hall–Kier alpha value is -2.63. The first-order valence-corrected chi connectivity index (χ1v) is 7.05. The molecule has 0 bridgehead atoms. The zero-order valence-electron chi connectivity index (χ0n) is 12.9. The van der Waals surface area contributed by atoms with E-state index in [-0.39, 0.29) is 11.8 Å². The fraction of sp³-hybridized carbons (Fsp3) is 0.312. The van der Waals surface area contributed by atoms with Crippen LogP contribution in [0.1, 0.15) is 33.8 Å². The van der Waals surface area contributed by atoms with Gasteiger partial charge >= 0.3 is 0 Å². The molecule has 0 atom stereocenters. The monoisotopic (exact) mass is 301 g/mol. The predicted octanol–water partition coefficient (Wildman–Crippen LogP) is 2.22. The van der Waals surface area contributed by atoms with Gasteiger partial charge in [-0.05, 0) is 38.5 Å². The number of nitrogens with one attached hydrogen (secondary N) is 2. The molecular formula is C16H19N3O3. The Bertz CT molecular complexity index is 672. The second kappa shape index (κ2) is 6.89. The highest BCUT2D eigenvalue weighted by molar-refractivity contribution is 5.97. The Labute approximate surface area is 128 Å². The minimum atomic E-state index is -0.188. The summed E-state index contributed by atoms with van der Waals surface area (Å²) in [5.74, 6) is 0.438. The van der Waals surface area contributed by atoms with Crippen LogP contribution in [0.4, 0.5) is 5.69 Å². The van der Waals surface area contributed by atoms with Crippen LogP contribution in [-0.4, -0.2) is 24.0 Å². The molecule has 2 aromatic rings. The Morgan fingerprint density at radius 1 is 1.27 bits per heavy atom. The van der Waals surface area contributed by atoms with E-state index < -0.39 is 0 Å². The Kier molecular flexibility index (Phi) is 4.93. The van der Waals surface area contributed by atoms with Crippen LogP contribution in [0, 0.1) is 13.8 Å². The van der Waals surface area contributed by atoms with E-state index in [1.165, 1.54) is 0 Å². The van der Waals surface area contributed by atoms with Gasteiger partial charge in [-0.1, -0.05) is 11.2 Å². The molecule has 0 fully saturated rings. The van der Waals surface area contributed by atoms with E-state index in [1.807, 2.05) is 13.8 Å². The van der Waals surface area contributed by atoms with E-state index in [9.17, 15) is 9.59 Å². The molecule has 0 saturated heterocycles. The van der Waals surface area contributed by atoms with E-state index in [2.05, 4.69) is 15.8 Å². The van der Waals surface area contributed by atoms with Gasteiger partial charge in [0.05, 0.1) is 5.69 Å². The molecule has 6 heteroatoms. The number of hydrogen-bond donors (Lipinski definition) is 2. The molecule has 0 spiro atoms. The highest BCUT2D eigenvalue weighted by atomic mass is 16.5. The average molecular weight is 301 g/mol. The number of carbonyl (C=O) groups excluding carboxylic acids is 2. The summed E-state index contributed by atoms with van der Waals surface area (Å²) in [4.78, 5) is 23.6. The first kappa shape index (κ1) is 15.8. The molecule has 0 radical (unpaired) electrons. The molecule has 2 rings (SSSR count). The van der Waals surface area contributed by atoms with Crippen molar-refractivity contribution in [1.82, 2.24) is 10.5 Å². The molecule has 0 aliphatic heterocycles. The summed E-state index contributed by atoms with van der Waals surface area (Å²) in [5, 5.41) is 9.21. The molecule has 1 aromatic carbocycles. The lowest BCUT2D eigenvalue weighted by molar-refractivity contribution is -0.116. The maximum atomic E-state index is 12.0. The number of amides is 2. The molecule has 2 N–H and O–H groups in total. The largest absolute Gasteiger partial charge is 0.361 e. The van der Waals surface area contributed by atoms with Gasteiger partial charge in [-0.25, -0.2) is 0 Å². The molecule has 0 aliphatic rings. The minimum absolute atomic E-state index is 0.117. The lowest BCUT2D eigenvalue weighted by Crippen LogP contribution is -2.18. The van der Waals surface area contributed by atoms with E-state index in [4.69, 9.17) is 4.52 Å². The lowest BCUT2D eigenvalue weighted by Gasteiger charge is -2.07. The first-order valence-electron chi connectivity index (χ1n) is 7.05. The maximum Gasteiger partial charge on any atom is 0.251 e. The first-order chi connectivity index (χ1) is 10.5. The van der Waals surface area contributed by atoms with Crippen LogP contribution in [0.5, 0.6) is 0 Å². The van der Waals surface area contributed by atoms with Crippen LogP contribution in [0.15, 0.2) is 28.8 Å². The zero-order chi connectivity index (χ0) is 16.1. The number of hydrogen-bond acceptors (Lipinski definition) is 4. The second-order valence-electron chi connectivity index (χ2n) is 5.01. The van der Waals surface area contributed by atoms with E-state index in [0.29, 0.717) is 24.1 Å². The van der Waals surface area contributed by atoms with Crippen molar-refractivity contribution in [1.29, 1.82) is 0 Å². The SMILES string of the molecule is CNC(=O)c1cccc(NC(=O)CCc2c(C)noc2C)c1. The van der Waals surface area contributed by atoms with Gasteiger partial charge in [-0.15, -0.1) is 0 Å². The molecule has 1 heterocycles. The summed E-state index contributed by atoms with van der Waals surface area (Å²) in [6.45, 7) is 3.69. The molecule has 0 aliphatic carbocycles. The highest BCUT2D eigenvalue weighted by Gasteiger charge is 2.12. The fourth-order valence-corrected chi connectivity index (χ4v) is 2.20. The van der Waals surface area contributed by atoms with Gasteiger partial charge in [0, 0.05) is 30.3 Å². The summed E-state index contributed by atoms with van der Waals surface area (Å²) < 4.78 is 5.07. The van der Waals surface area contributed by atoms with Crippen molar-refractivity contribution in [3.8, 4) is 0 Å². The summed E-state index contributed by atoms with van der Waals surface area (Å²) in [6, 6.07) is 6.82. The highest BCUT2D eigenvalue weighted by Crippen LogP contribution is 2.15. The molecule has 2 amide bonds. The Morgan fingerprint density at radius 2 is 2.05 bits per heavy atom. The Morgan fingerprint density at radius 3 is 2.68 bits per heavy atom. The van der Waals surface area contributed by atoms with Crippen LogP contribution in [0.25, 0.3) is 0 Å². The van der Waals surface area contributed by atoms with E-state index in [0.717, 1.165) is 17.0 Å². The molecule has 116 valence electrons. The van der Waals surface area contributed by atoms with Gasteiger partial charge in [0.1, 0.15) is 5.76 Å². The van der Waals surface area contributed by atoms with Gasteiger partial charge in [-0.2, -0.15) is 0 Å². The van der Waals surface area contributed by atoms with Crippen molar-refractivity contribution in [2.45, 2.75) is 26.7 Å². The van der Waals surface area contributed by atoms with Gasteiger partial charge < -0.3 is 15.2 Å². The topological polar surface area (TPSA) is 84.2 Å². The predicted molar refractivity (Wildman–Crippen MR) is 82.8 cm³/mol. The van der Waals surface area contributed by atoms with Crippen molar-refractivity contribution in [2.24, 2.45) is 0 Å². The number of aromatic nitrogens is 1. The van der Waals surface area contributed by atoms with Gasteiger partial charge in [-0.3, -0.25) is 9.59 Å². The number of nitrogens with zero attached hydrogens (tertiary/aromatic N) is 1. The van der Waals surface area contributed by atoms with Gasteiger partial charge in [0.15, 0.2) is 0 Å². The third-order valence-corrected chi connectivity index (χ3v) is 3.42. The number of benzene rings is 1. The number of anilines is 1. The van der Waals surface area contributed by atoms with Crippen molar-refractivity contribution in [3.63, 3.8) is 0 Å². The second-order valence-corrected chi connectivity index (χ2v) is 5.01. The summed E-state index contributed by atoms with van der Waals surface area (Å²) >= 11 is 0. The van der Waals surface area contributed by atoms with E-state index >= 15 is 0 Å². The summed E-state index contributed by atoms with van der Waals surface area (Å²) in [6.07, 6.45) is 0.898. The van der Waals surface area contributed by atoms with Crippen molar-refractivity contribution < 1.29 is 14.1 Å². The normalized spacial score (nSPS) is 10.3. The molecule has 0 unspecified atom stereocenters. The molecule has 1 aromatic heterocycles. The molecule has 22 heavy (non-hydrogen) atoms. The van der Waals surface area contributed by atoms with Crippen molar-refractivity contribution in [3.05, 3.63) is 46.8 Å². The number of carbonyl (C=O) groups is 2. The third-order valence-electron chi connectivity index (χ3n) is 3.42. The van der Waals surface area contributed by atoms with Crippen molar-refractivity contribution >= 4 is 17.5 Å². The quantitative estimate of drug-likeness (QED) is 0.887. The number of aryl methyl sites for hydroxylation is 2. The standard InChI is InChI=1S/C16H19N3O3/c1-10-14(11(2)22-19-10)7-8-15(20)18-13-6-4-5-12(9-13)16(21)17-3/h4-6,9H,7-8H2,1-3H3,(H,17,21)(H,18,20). The van der Waals surface area contributed by atoms with Crippen LogP contribution in [0.2, 0.25) is 0 Å². The maximum absolute atomic E-state index is 12.0. The lowest BCUT2D eigenvalue weighted by atomic mass is 10.1. The van der Waals surface area contributed by atoms with Crippen LogP contribution in [-0.2, 0) is 11.2 Å². The molecule has 6 nitrogen and oxygen atoms in total. The fourth-order valence-electron chi connectivity index (χ4n) is 2.20. The van der Waals surface area contributed by atoms with Crippen LogP contribution < -0.4 is 10.6 Å². The van der Waals surface area contributed by atoms with Crippen LogP contribution in [0.3, 0.4) is 0 Å². The van der Waals surface area contributed by atoms with Gasteiger partial charge in [0.2, 0.25) is 5.91 Å². The Balaban J connectivity index is 1.96. The number of rotatable bonds is 5. The smallest absolute Gasteiger partial charge is 0.251 e. The summed E-state index contributed by atoms with van der Waals surface area (Å²) in [7, 11) is 1.57.